The molecule has 18 heavy (non-hydrogen) atoms. The van der Waals surface area contributed by atoms with Crippen molar-refractivity contribution in [2.45, 2.75) is 18.2 Å². The van der Waals surface area contributed by atoms with Gasteiger partial charge in [-0.15, -0.1) is 0 Å². The van der Waals surface area contributed by atoms with Crippen LogP contribution in [-0.4, -0.2) is 32.9 Å². The summed E-state index contributed by atoms with van der Waals surface area (Å²) in [4.78, 5) is 10.9. The SMILES string of the molecule is COc1cc(CC(C)C(=O)O)ccc1S(C)(=O)=O. The van der Waals surface area contributed by atoms with Crippen molar-refractivity contribution in [3.8, 4) is 5.75 Å². The third-order valence-electron chi connectivity index (χ3n) is 2.59. The molecule has 0 saturated heterocycles. The Morgan fingerprint density at radius 2 is 2.06 bits per heavy atom. The van der Waals surface area contributed by atoms with E-state index in [4.69, 9.17) is 9.84 Å². The summed E-state index contributed by atoms with van der Waals surface area (Å²) >= 11 is 0. The van der Waals surface area contributed by atoms with Crippen LogP contribution in [0.4, 0.5) is 0 Å². The first-order chi connectivity index (χ1) is 8.25. The second-order valence-corrected chi connectivity index (χ2v) is 6.18. The summed E-state index contributed by atoms with van der Waals surface area (Å²) in [6.07, 6.45) is 1.43. The lowest BCUT2D eigenvalue weighted by atomic mass is 10.0. The number of methoxy groups -OCH3 is 1. The van der Waals surface area contributed by atoms with Gasteiger partial charge in [-0.25, -0.2) is 8.42 Å². The Hall–Kier alpha value is -1.56. The molecule has 1 N–H and O–H groups in total. The predicted molar refractivity (Wildman–Crippen MR) is 66.6 cm³/mol. The van der Waals surface area contributed by atoms with Gasteiger partial charge in [0.15, 0.2) is 9.84 Å². The molecule has 6 heteroatoms. The monoisotopic (exact) mass is 272 g/mol. The standard InChI is InChI=1S/C12H16O5S/c1-8(12(13)14)6-9-4-5-11(18(3,15)16)10(7-9)17-2/h4-5,7-8H,6H2,1-3H3,(H,13,14). The van der Waals surface area contributed by atoms with Gasteiger partial charge in [0.2, 0.25) is 0 Å². The molecule has 0 radical (unpaired) electrons. The highest BCUT2D eigenvalue weighted by Crippen LogP contribution is 2.26. The number of ether oxygens (including phenoxy) is 1. The first-order valence-corrected chi connectivity index (χ1v) is 7.24. The zero-order chi connectivity index (χ0) is 13.9. The van der Waals surface area contributed by atoms with E-state index in [0.29, 0.717) is 6.42 Å². The number of benzene rings is 1. The number of carboxylic acids is 1. The summed E-state index contributed by atoms with van der Waals surface area (Å²) in [5.74, 6) is -1.17. The van der Waals surface area contributed by atoms with Crippen molar-refractivity contribution in [3.63, 3.8) is 0 Å². The van der Waals surface area contributed by atoms with Crippen molar-refractivity contribution >= 4 is 15.8 Å². The van der Waals surface area contributed by atoms with Gasteiger partial charge in [-0.1, -0.05) is 13.0 Å². The summed E-state index contributed by atoms with van der Waals surface area (Å²) in [7, 11) is -1.97. The number of sulfone groups is 1. The molecular formula is C12H16O5S. The van der Waals surface area contributed by atoms with Crippen LogP contribution in [0.2, 0.25) is 0 Å². The highest BCUT2D eigenvalue weighted by molar-refractivity contribution is 7.90. The Balaban J connectivity index is 3.10. The van der Waals surface area contributed by atoms with E-state index in [1.54, 1.807) is 19.1 Å². The van der Waals surface area contributed by atoms with Crippen LogP contribution < -0.4 is 4.74 Å². The number of hydrogen-bond acceptors (Lipinski definition) is 4. The van der Waals surface area contributed by atoms with Crippen molar-refractivity contribution in [3.05, 3.63) is 23.8 Å². The summed E-state index contributed by atoms with van der Waals surface area (Å²) < 4.78 is 28.0. The number of carbonyl (C=O) groups is 1. The fourth-order valence-electron chi connectivity index (χ4n) is 1.59. The molecular weight excluding hydrogens is 256 g/mol. The summed E-state index contributed by atoms with van der Waals surface area (Å²) in [5, 5.41) is 8.83. The van der Waals surface area contributed by atoms with Crippen LogP contribution in [0.3, 0.4) is 0 Å². The first kappa shape index (κ1) is 14.5. The Morgan fingerprint density at radius 3 is 2.50 bits per heavy atom. The molecule has 100 valence electrons. The number of rotatable bonds is 5. The van der Waals surface area contributed by atoms with Crippen LogP contribution in [0.5, 0.6) is 5.75 Å². The van der Waals surface area contributed by atoms with Gasteiger partial charge in [-0.05, 0) is 24.1 Å². The molecule has 0 amide bonds. The highest BCUT2D eigenvalue weighted by atomic mass is 32.2. The van der Waals surface area contributed by atoms with E-state index in [2.05, 4.69) is 0 Å². The van der Waals surface area contributed by atoms with Gasteiger partial charge >= 0.3 is 5.97 Å². The molecule has 0 aromatic heterocycles. The van der Waals surface area contributed by atoms with Gasteiger partial charge in [0.05, 0.1) is 13.0 Å². The molecule has 1 aromatic carbocycles. The summed E-state index contributed by atoms with van der Waals surface area (Å²) in [5.41, 5.74) is 0.731. The van der Waals surface area contributed by atoms with E-state index in [1.165, 1.54) is 13.2 Å². The number of carboxylic acid groups (broad SMARTS) is 1. The normalized spacial score (nSPS) is 13.1. The van der Waals surface area contributed by atoms with E-state index in [-0.39, 0.29) is 10.6 Å². The summed E-state index contributed by atoms with van der Waals surface area (Å²) in [6.45, 7) is 1.60. The molecule has 0 saturated carbocycles. The molecule has 1 atom stereocenters. The number of aliphatic carboxylic acids is 1. The van der Waals surface area contributed by atoms with Gasteiger partial charge in [0, 0.05) is 6.26 Å². The number of hydrogen-bond donors (Lipinski definition) is 1. The molecule has 0 spiro atoms. The first-order valence-electron chi connectivity index (χ1n) is 5.35. The van der Waals surface area contributed by atoms with E-state index < -0.39 is 21.7 Å². The van der Waals surface area contributed by atoms with E-state index >= 15 is 0 Å². The minimum atomic E-state index is -3.35. The van der Waals surface area contributed by atoms with Crippen molar-refractivity contribution in [2.24, 2.45) is 5.92 Å². The van der Waals surface area contributed by atoms with Crippen molar-refractivity contribution in [1.82, 2.24) is 0 Å². The lowest BCUT2D eigenvalue weighted by Gasteiger charge is -2.11. The Kier molecular flexibility index (Phi) is 4.34. The van der Waals surface area contributed by atoms with Crippen LogP contribution in [0, 0.1) is 5.92 Å². The van der Waals surface area contributed by atoms with Crippen molar-refractivity contribution in [1.29, 1.82) is 0 Å². The van der Waals surface area contributed by atoms with Crippen LogP contribution in [0.1, 0.15) is 12.5 Å². The second kappa shape index (κ2) is 5.39. The maximum atomic E-state index is 11.5. The predicted octanol–water partition coefficient (Wildman–Crippen LogP) is 1.36. The van der Waals surface area contributed by atoms with Gasteiger partial charge in [-0.2, -0.15) is 0 Å². The van der Waals surface area contributed by atoms with Gasteiger partial charge in [0.1, 0.15) is 10.6 Å². The Labute approximate surface area is 106 Å². The van der Waals surface area contributed by atoms with Crippen LogP contribution in [0.25, 0.3) is 0 Å². The van der Waals surface area contributed by atoms with E-state index in [1.807, 2.05) is 0 Å². The molecule has 0 heterocycles. The topological polar surface area (TPSA) is 80.7 Å². The Morgan fingerprint density at radius 1 is 1.44 bits per heavy atom. The largest absolute Gasteiger partial charge is 0.495 e. The third kappa shape index (κ3) is 3.46. The average Bonchev–Trinajstić information content (AvgIpc) is 2.27. The summed E-state index contributed by atoms with van der Waals surface area (Å²) in [6, 6.07) is 4.62. The second-order valence-electron chi connectivity index (χ2n) is 4.20. The molecule has 0 bridgehead atoms. The quantitative estimate of drug-likeness (QED) is 0.875. The van der Waals surface area contributed by atoms with Crippen molar-refractivity contribution < 1.29 is 23.1 Å². The van der Waals surface area contributed by atoms with Crippen LogP contribution >= 0.6 is 0 Å². The lowest BCUT2D eigenvalue weighted by molar-refractivity contribution is -0.141. The molecule has 0 fully saturated rings. The van der Waals surface area contributed by atoms with Crippen LogP contribution in [-0.2, 0) is 21.1 Å². The minimum Gasteiger partial charge on any atom is -0.495 e. The Bertz CT molecular complexity index is 548. The van der Waals surface area contributed by atoms with Gasteiger partial charge in [-0.3, -0.25) is 4.79 Å². The molecule has 1 unspecified atom stereocenters. The lowest BCUT2D eigenvalue weighted by Crippen LogP contribution is -2.12. The maximum absolute atomic E-state index is 11.5. The zero-order valence-electron chi connectivity index (χ0n) is 10.5. The molecule has 0 aliphatic carbocycles. The minimum absolute atomic E-state index is 0.108. The smallest absolute Gasteiger partial charge is 0.306 e. The van der Waals surface area contributed by atoms with Gasteiger partial charge < -0.3 is 9.84 Å². The fourth-order valence-corrected chi connectivity index (χ4v) is 2.41. The van der Waals surface area contributed by atoms with Crippen molar-refractivity contribution in [2.75, 3.05) is 13.4 Å². The highest BCUT2D eigenvalue weighted by Gasteiger charge is 2.17. The van der Waals surface area contributed by atoms with Crippen LogP contribution in [0.15, 0.2) is 23.1 Å². The fraction of sp³-hybridized carbons (Fsp3) is 0.417. The molecule has 5 nitrogen and oxygen atoms in total. The van der Waals surface area contributed by atoms with E-state index in [0.717, 1.165) is 11.8 Å². The van der Waals surface area contributed by atoms with E-state index in [9.17, 15) is 13.2 Å². The zero-order valence-corrected chi connectivity index (χ0v) is 11.3. The maximum Gasteiger partial charge on any atom is 0.306 e. The molecule has 1 rings (SSSR count). The average molecular weight is 272 g/mol. The third-order valence-corrected chi connectivity index (χ3v) is 3.73. The molecule has 1 aromatic rings. The molecule has 0 aliphatic heterocycles. The van der Waals surface area contributed by atoms with Gasteiger partial charge in [0.25, 0.3) is 0 Å². The molecule has 0 aliphatic rings.